The number of para-hydroxylation sites is 1. The molecule has 0 radical (unpaired) electrons. The van der Waals surface area contributed by atoms with Crippen LogP contribution in [-0.4, -0.2) is 46.8 Å². The van der Waals surface area contributed by atoms with Gasteiger partial charge in [-0.3, -0.25) is 14.5 Å². The van der Waals surface area contributed by atoms with E-state index in [4.69, 9.17) is 16.3 Å². The molecule has 0 aliphatic carbocycles. The van der Waals surface area contributed by atoms with Gasteiger partial charge in [0.1, 0.15) is 6.04 Å². The second-order valence-corrected chi connectivity index (χ2v) is 8.76. The number of hydrogen-bond acceptors (Lipinski definition) is 5. The number of amides is 3. The summed E-state index contributed by atoms with van der Waals surface area (Å²) in [6, 6.07) is 21.6. The van der Waals surface area contributed by atoms with E-state index in [9.17, 15) is 19.2 Å². The van der Waals surface area contributed by atoms with Crippen molar-refractivity contribution < 1.29 is 23.9 Å². The number of anilines is 1. The van der Waals surface area contributed by atoms with Gasteiger partial charge in [-0.25, -0.2) is 14.5 Å². The van der Waals surface area contributed by atoms with Crippen LogP contribution in [0.1, 0.15) is 28.8 Å². The number of urea groups is 1. The fourth-order valence-corrected chi connectivity index (χ4v) is 5.16. The minimum Gasteiger partial charge on any atom is -0.464 e. The van der Waals surface area contributed by atoms with Crippen LogP contribution in [0.15, 0.2) is 84.9 Å². The molecular formula is C27H21ClN2O5. The molecule has 2 fully saturated rings. The first-order valence-corrected chi connectivity index (χ1v) is 11.6. The van der Waals surface area contributed by atoms with Crippen LogP contribution < -0.4 is 4.90 Å². The highest BCUT2D eigenvalue weighted by Crippen LogP contribution is 2.56. The van der Waals surface area contributed by atoms with Crippen molar-refractivity contribution in [3.63, 3.8) is 0 Å². The molecule has 2 saturated heterocycles. The largest absolute Gasteiger partial charge is 0.464 e. The summed E-state index contributed by atoms with van der Waals surface area (Å²) in [4.78, 5) is 57.0. The van der Waals surface area contributed by atoms with Crippen molar-refractivity contribution in [3.8, 4) is 0 Å². The first-order valence-electron chi connectivity index (χ1n) is 11.2. The van der Waals surface area contributed by atoms with Crippen LogP contribution in [0.25, 0.3) is 0 Å². The average molecular weight is 489 g/mol. The predicted molar refractivity (Wildman–Crippen MR) is 129 cm³/mol. The Hall–Kier alpha value is -3.97. The monoisotopic (exact) mass is 488 g/mol. The number of nitrogens with zero attached hydrogens (tertiary/aromatic N) is 2. The van der Waals surface area contributed by atoms with Crippen LogP contribution in [0.3, 0.4) is 0 Å². The van der Waals surface area contributed by atoms with Crippen LogP contribution in [0.5, 0.6) is 0 Å². The molecular weight excluding hydrogens is 468 g/mol. The fourth-order valence-electron chi connectivity index (χ4n) is 5.03. The van der Waals surface area contributed by atoms with Gasteiger partial charge in [-0.1, -0.05) is 72.3 Å². The van der Waals surface area contributed by atoms with Gasteiger partial charge in [-0.05, 0) is 36.8 Å². The third-order valence-electron chi connectivity index (χ3n) is 6.51. The molecule has 2 aliphatic heterocycles. The number of Topliss-reactive ketones (excluding diaryl/α,β-unsaturated/α-hetero) is 1. The van der Waals surface area contributed by atoms with E-state index in [-0.39, 0.29) is 12.4 Å². The molecule has 35 heavy (non-hydrogen) atoms. The van der Waals surface area contributed by atoms with Crippen LogP contribution >= 0.6 is 11.6 Å². The highest BCUT2D eigenvalue weighted by Gasteiger charge is 2.79. The van der Waals surface area contributed by atoms with Gasteiger partial charge in [0.05, 0.1) is 18.2 Å². The molecule has 7 nitrogen and oxygen atoms in total. The number of esters is 1. The van der Waals surface area contributed by atoms with Crippen molar-refractivity contribution >= 4 is 41.0 Å². The molecule has 2 aliphatic rings. The summed E-state index contributed by atoms with van der Waals surface area (Å²) in [7, 11) is 0. The Bertz CT molecular complexity index is 1310. The molecule has 8 heteroatoms. The predicted octanol–water partition coefficient (Wildman–Crippen LogP) is 4.46. The number of imide groups is 1. The summed E-state index contributed by atoms with van der Waals surface area (Å²) >= 11 is 6.09. The molecule has 176 valence electrons. The number of carbonyl (C=O) groups is 4. The molecule has 5 rings (SSSR count). The number of benzene rings is 3. The highest BCUT2D eigenvalue weighted by atomic mass is 35.5. The quantitative estimate of drug-likeness (QED) is 0.221. The first-order chi connectivity index (χ1) is 16.9. The van der Waals surface area contributed by atoms with Crippen molar-refractivity contribution in [2.75, 3.05) is 11.5 Å². The average Bonchev–Trinajstić information content (AvgIpc) is 3.04. The van der Waals surface area contributed by atoms with Crippen molar-refractivity contribution in [1.29, 1.82) is 0 Å². The van der Waals surface area contributed by atoms with Crippen molar-refractivity contribution in [2.24, 2.45) is 0 Å². The Balaban J connectivity index is 1.72. The number of carbonyl (C=O) groups excluding carboxylic acids is 4. The third-order valence-corrected chi connectivity index (χ3v) is 6.76. The van der Waals surface area contributed by atoms with Gasteiger partial charge >= 0.3 is 12.0 Å². The first kappa shape index (κ1) is 22.8. The maximum absolute atomic E-state index is 14.0. The van der Waals surface area contributed by atoms with Gasteiger partial charge < -0.3 is 4.74 Å². The lowest BCUT2D eigenvalue weighted by molar-refractivity contribution is -0.171. The van der Waals surface area contributed by atoms with Gasteiger partial charge in [0.2, 0.25) is 5.54 Å². The van der Waals surface area contributed by atoms with E-state index in [1.807, 2.05) is 0 Å². The zero-order chi connectivity index (χ0) is 24.7. The lowest BCUT2D eigenvalue weighted by Crippen LogP contribution is -2.77. The van der Waals surface area contributed by atoms with Crippen LogP contribution in [0.4, 0.5) is 10.5 Å². The van der Waals surface area contributed by atoms with E-state index in [1.165, 1.54) is 0 Å². The van der Waals surface area contributed by atoms with E-state index >= 15 is 0 Å². The standard InChI is InChI=1S/C27H21ClN2O5/c1-2-35-25(33)27-21(17-13-15-19(28)16-14-17)22(23(31)18-9-5-3-6-10-18)30(27)26(34)29(24(27)32)20-11-7-4-8-12-20/h3-16,21-22H,2H2,1H3/t21-,22+,27+/m1/s1. The van der Waals surface area contributed by atoms with Gasteiger partial charge in [0, 0.05) is 10.6 Å². The summed E-state index contributed by atoms with van der Waals surface area (Å²) in [6.45, 7) is 1.63. The van der Waals surface area contributed by atoms with Gasteiger partial charge in [-0.15, -0.1) is 0 Å². The topological polar surface area (TPSA) is 84.0 Å². The Labute approximate surface area is 206 Å². The summed E-state index contributed by atoms with van der Waals surface area (Å²) in [5.74, 6) is -2.95. The maximum Gasteiger partial charge on any atom is 0.342 e. The number of rotatable bonds is 6. The Morgan fingerprint density at radius 3 is 2.11 bits per heavy atom. The van der Waals surface area contributed by atoms with Crippen LogP contribution in [0, 0.1) is 0 Å². The number of halogens is 1. The number of fused-ring (bicyclic) bond motifs is 1. The Kier molecular flexibility index (Phi) is 5.65. The SMILES string of the molecule is CCOC(=O)[C@]12C(=O)N(c3ccccc3)C(=O)N1[C@H](C(=O)c1ccccc1)[C@H]2c1ccc(Cl)cc1. The fraction of sp³-hybridized carbons (Fsp3) is 0.185. The second kappa shape index (κ2) is 8.67. The van der Waals surface area contributed by atoms with Crippen LogP contribution in [-0.2, 0) is 14.3 Å². The molecule has 2 heterocycles. The van der Waals surface area contributed by atoms with Gasteiger partial charge in [0.25, 0.3) is 5.91 Å². The van der Waals surface area contributed by atoms with E-state index in [1.54, 1.807) is 91.9 Å². The molecule has 3 aromatic rings. The molecule has 3 amide bonds. The van der Waals surface area contributed by atoms with Crippen molar-refractivity contribution in [1.82, 2.24) is 4.90 Å². The smallest absolute Gasteiger partial charge is 0.342 e. The molecule has 0 bridgehead atoms. The minimum absolute atomic E-state index is 0.00582. The highest BCUT2D eigenvalue weighted by molar-refractivity contribution is 6.34. The summed E-state index contributed by atoms with van der Waals surface area (Å²) < 4.78 is 5.34. The van der Waals surface area contributed by atoms with Crippen LogP contribution in [0.2, 0.25) is 5.02 Å². The minimum atomic E-state index is -2.01. The molecule has 0 spiro atoms. The number of ether oxygens (including phenoxy) is 1. The van der Waals surface area contributed by atoms with E-state index in [0.717, 1.165) is 9.80 Å². The molecule has 0 N–H and O–H groups in total. The van der Waals surface area contributed by atoms with Gasteiger partial charge in [-0.2, -0.15) is 0 Å². The van der Waals surface area contributed by atoms with E-state index < -0.39 is 35.4 Å². The molecule has 0 unspecified atom stereocenters. The lowest BCUT2D eigenvalue weighted by atomic mass is 9.63. The molecule has 0 saturated carbocycles. The lowest BCUT2D eigenvalue weighted by Gasteiger charge is -2.55. The van der Waals surface area contributed by atoms with Gasteiger partial charge in [0.15, 0.2) is 5.78 Å². The van der Waals surface area contributed by atoms with Crippen molar-refractivity contribution in [3.05, 3.63) is 101 Å². The summed E-state index contributed by atoms with van der Waals surface area (Å²) in [5.41, 5.74) is -0.802. The number of ketones is 1. The maximum atomic E-state index is 14.0. The second-order valence-electron chi connectivity index (χ2n) is 8.32. The van der Waals surface area contributed by atoms with E-state index in [2.05, 4.69) is 0 Å². The summed E-state index contributed by atoms with van der Waals surface area (Å²) in [6.07, 6.45) is 0. The Morgan fingerprint density at radius 2 is 1.51 bits per heavy atom. The normalized spacial score (nSPS) is 23.0. The van der Waals surface area contributed by atoms with E-state index in [0.29, 0.717) is 21.8 Å². The Morgan fingerprint density at radius 1 is 0.914 bits per heavy atom. The molecule has 3 aromatic carbocycles. The van der Waals surface area contributed by atoms with Crippen molar-refractivity contribution in [2.45, 2.75) is 24.4 Å². The number of hydrogen-bond donors (Lipinski definition) is 0. The molecule has 0 aromatic heterocycles. The third kappa shape index (κ3) is 3.26. The zero-order valence-electron chi connectivity index (χ0n) is 18.8. The molecule has 3 atom stereocenters. The zero-order valence-corrected chi connectivity index (χ0v) is 19.5. The summed E-state index contributed by atoms with van der Waals surface area (Å²) in [5, 5.41) is 0.459.